The number of hydrogen-bond donors (Lipinski definition) is 1. The van der Waals surface area contributed by atoms with E-state index in [4.69, 9.17) is 9.72 Å². The molecule has 1 amide bonds. The zero-order valence-corrected chi connectivity index (χ0v) is 19.8. The minimum Gasteiger partial charge on any atom is -0.449 e. The second-order valence-corrected chi connectivity index (χ2v) is 7.48. The van der Waals surface area contributed by atoms with E-state index in [1.807, 2.05) is 32.9 Å². The number of nitrogens with zero attached hydrogens (tertiary/aromatic N) is 2. The van der Waals surface area contributed by atoms with E-state index in [0.717, 1.165) is 44.5 Å². The lowest BCUT2D eigenvalue weighted by Gasteiger charge is -2.39. The first-order chi connectivity index (χ1) is 15.7. The van der Waals surface area contributed by atoms with E-state index < -0.39 is 6.09 Å². The number of hydrogen-bond acceptors (Lipinski definition) is 4. The Morgan fingerprint density at radius 1 is 1.22 bits per heavy atom. The lowest BCUT2D eigenvalue weighted by molar-refractivity contribution is 0.161. The van der Waals surface area contributed by atoms with Crippen molar-refractivity contribution < 1.29 is 9.53 Å². The van der Waals surface area contributed by atoms with E-state index >= 15 is 0 Å². The molecule has 0 fully saturated rings. The molecule has 1 aromatic heterocycles. The Hall–Kier alpha value is -3.08. The van der Waals surface area contributed by atoms with E-state index in [-0.39, 0.29) is 5.92 Å². The molecule has 0 radical (unpaired) electrons. The number of rotatable bonds is 5. The monoisotopic (exact) mass is 435 g/mol. The van der Waals surface area contributed by atoms with Crippen molar-refractivity contribution >= 4 is 17.6 Å². The summed E-state index contributed by atoms with van der Waals surface area (Å²) in [7, 11) is 0. The third kappa shape index (κ3) is 6.46. The number of pyridine rings is 1. The van der Waals surface area contributed by atoms with Gasteiger partial charge in [0.05, 0.1) is 18.0 Å². The molecule has 0 saturated carbocycles. The normalized spacial score (nSPS) is 15.6. The quantitative estimate of drug-likeness (QED) is 0.530. The first kappa shape index (κ1) is 25.2. The van der Waals surface area contributed by atoms with Gasteiger partial charge >= 0.3 is 6.09 Å². The topological polar surface area (TPSA) is 54.5 Å². The molecule has 0 aliphatic carbocycles. The van der Waals surface area contributed by atoms with Crippen LogP contribution in [0.15, 0.2) is 61.7 Å². The number of amides is 1. The van der Waals surface area contributed by atoms with Gasteiger partial charge in [0.1, 0.15) is 5.82 Å². The summed E-state index contributed by atoms with van der Waals surface area (Å²) in [4.78, 5) is 19.3. The van der Waals surface area contributed by atoms with E-state index in [9.17, 15) is 4.79 Å². The number of allylic oxidation sites excluding steroid dienone is 2. The van der Waals surface area contributed by atoms with Crippen LogP contribution in [0.2, 0.25) is 0 Å². The molecule has 2 aliphatic heterocycles. The van der Waals surface area contributed by atoms with E-state index in [2.05, 4.69) is 47.6 Å². The van der Waals surface area contributed by atoms with Crippen molar-refractivity contribution in [2.45, 2.75) is 52.4 Å². The van der Waals surface area contributed by atoms with Crippen molar-refractivity contribution in [3.05, 3.63) is 78.5 Å². The highest BCUT2D eigenvalue weighted by Crippen LogP contribution is 2.43. The van der Waals surface area contributed by atoms with Crippen LogP contribution in [0.25, 0.3) is 0 Å². The number of nitrogens with one attached hydrogen (secondary N) is 1. The molecule has 5 heteroatoms. The summed E-state index contributed by atoms with van der Waals surface area (Å²) in [6.45, 7) is 15.3. The number of aryl methyl sites for hydroxylation is 1. The summed E-state index contributed by atoms with van der Waals surface area (Å²) in [5.74, 6) is 0.872. The summed E-state index contributed by atoms with van der Waals surface area (Å²) in [5, 5.41) is 2.82. The summed E-state index contributed by atoms with van der Waals surface area (Å²) in [5.41, 5.74) is 4.94. The predicted molar refractivity (Wildman–Crippen MR) is 135 cm³/mol. The molecular weight excluding hydrogens is 398 g/mol. The smallest absolute Gasteiger partial charge is 0.412 e. The number of aromatic nitrogens is 1. The number of carbonyl (C=O) groups is 1. The largest absolute Gasteiger partial charge is 0.449 e. The van der Waals surface area contributed by atoms with Crippen LogP contribution < -0.4 is 10.2 Å². The van der Waals surface area contributed by atoms with Crippen LogP contribution in [0.4, 0.5) is 16.3 Å². The van der Waals surface area contributed by atoms with Crippen molar-refractivity contribution in [1.29, 1.82) is 0 Å². The minimum atomic E-state index is -0.425. The summed E-state index contributed by atoms with van der Waals surface area (Å²) < 4.78 is 5.16. The molecule has 5 nitrogen and oxygen atoms in total. The zero-order valence-electron chi connectivity index (χ0n) is 19.8. The van der Waals surface area contributed by atoms with E-state index in [1.165, 1.54) is 16.8 Å². The Labute approximate surface area is 193 Å². The van der Waals surface area contributed by atoms with Crippen molar-refractivity contribution in [2.24, 2.45) is 0 Å². The fourth-order valence-electron chi connectivity index (χ4n) is 4.04. The predicted octanol–water partition coefficient (Wildman–Crippen LogP) is 6.71. The molecule has 0 saturated heterocycles. The van der Waals surface area contributed by atoms with Crippen LogP contribution >= 0.6 is 0 Å². The van der Waals surface area contributed by atoms with Gasteiger partial charge in [-0.15, -0.1) is 0 Å². The molecule has 32 heavy (non-hydrogen) atoms. The van der Waals surface area contributed by atoms with Crippen molar-refractivity contribution in [2.75, 3.05) is 29.9 Å². The van der Waals surface area contributed by atoms with Gasteiger partial charge in [-0.05, 0) is 42.9 Å². The average molecular weight is 436 g/mol. The van der Waals surface area contributed by atoms with Crippen molar-refractivity contribution in [3.63, 3.8) is 0 Å². The van der Waals surface area contributed by atoms with Crippen LogP contribution in [0, 0.1) is 0 Å². The molecule has 1 aromatic carbocycles. The maximum Gasteiger partial charge on any atom is 0.412 e. The van der Waals surface area contributed by atoms with Gasteiger partial charge in [-0.1, -0.05) is 76.4 Å². The van der Waals surface area contributed by atoms with Crippen LogP contribution in [-0.4, -0.2) is 30.8 Å². The van der Waals surface area contributed by atoms with Gasteiger partial charge in [0.2, 0.25) is 0 Å². The fraction of sp³-hybridized carbons (Fsp3) is 0.407. The minimum absolute atomic E-state index is 0.271. The Balaban J connectivity index is 0.000000547. The second-order valence-electron chi connectivity index (χ2n) is 7.48. The van der Waals surface area contributed by atoms with Gasteiger partial charge in [0, 0.05) is 19.0 Å². The molecule has 0 spiro atoms. The second kappa shape index (κ2) is 13.4. The highest BCUT2D eigenvalue weighted by molar-refractivity contribution is 5.84. The van der Waals surface area contributed by atoms with Gasteiger partial charge in [-0.25, -0.2) is 9.78 Å². The number of benzene rings is 1. The Kier molecular flexibility index (Phi) is 10.5. The average Bonchev–Trinajstić information content (AvgIpc) is 2.85. The highest BCUT2D eigenvalue weighted by atomic mass is 16.5. The van der Waals surface area contributed by atoms with Crippen LogP contribution in [0.1, 0.15) is 62.8 Å². The lowest BCUT2D eigenvalue weighted by Crippen LogP contribution is -2.37. The SMILES string of the molecule is C=CC=C.CC.CCCOC(=O)Nc1cc2c3c(n1)C(c1ccccc1)CCN3CCC2. The van der Waals surface area contributed by atoms with Gasteiger partial charge in [0.25, 0.3) is 0 Å². The molecular formula is C27H37N3O2. The molecule has 1 atom stereocenters. The van der Waals surface area contributed by atoms with Crippen LogP contribution in [-0.2, 0) is 11.2 Å². The summed E-state index contributed by atoms with van der Waals surface area (Å²) in [6, 6.07) is 12.6. The van der Waals surface area contributed by atoms with Gasteiger partial charge in [0.15, 0.2) is 0 Å². The van der Waals surface area contributed by atoms with E-state index in [1.54, 1.807) is 12.2 Å². The molecule has 1 N–H and O–H groups in total. The maximum atomic E-state index is 12.0. The van der Waals surface area contributed by atoms with Gasteiger partial charge < -0.3 is 9.64 Å². The first-order valence-electron chi connectivity index (χ1n) is 11.7. The Morgan fingerprint density at radius 3 is 2.59 bits per heavy atom. The molecule has 3 heterocycles. The third-order valence-electron chi connectivity index (χ3n) is 5.34. The molecule has 2 aromatic rings. The van der Waals surface area contributed by atoms with E-state index in [0.29, 0.717) is 12.4 Å². The van der Waals surface area contributed by atoms with Crippen LogP contribution in [0.5, 0.6) is 0 Å². The molecule has 0 bridgehead atoms. The number of anilines is 2. The molecule has 1 unspecified atom stereocenters. The van der Waals surface area contributed by atoms with Crippen molar-refractivity contribution in [1.82, 2.24) is 4.98 Å². The van der Waals surface area contributed by atoms with Gasteiger partial charge in [-0.2, -0.15) is 0 Å². The molecule has 4 rings (SSSR count). The highest BCUT2D eigenvalue weighted by Gasteiger charge is 2.32. The standard InChI is InChI=1S/C21H25N3O2.C4H6.C2H6/c1-2-13-26-21(25)23-18-14-16-9-6-11-24-12-10-17(19(22-18)20(16)24)15-7-4-3-5-8-15;1-3-4-2;1-2/h3-5,7-8,14,17H,2,6,9-13H2,1H3,(H,22,23,25);3-4H,1-2H2;1-2H3. The first-order valence-corrected chi connectivity index (χ1v) is 11.7. The summed E-state index contributed by atoms with van der Waals surface area (Å²) >= 11 is 0. The van der Waals surface area contributed by atoms with Crippen LogP contribution in [0.3, 0.4) is 0 Å². The fourth-order valence-corrected chi connectivity index (χ4v) is 4.04. The third-order valence-corrected chi connectivity index (χ3v) is 5.34. The molecule has 2 aliphatic rings. The Morgan fingerprint density at radius 2 is 1.94 bits per heavy atom. The summed E-state index contributed by atoms with van der Waals surface area (Å²) in [6.07, 6.45) is 6.88. The maximum absolute atomic E-state index is 12.0. The Bertz CT molecular complexity index is 874. The zero-order chi connectivity index (χ0) is 23.3. The van der Waals surface area contributed by atoms with Gasteiger partial charge in [-0.3, -0.25) is 5.32 Å². The number of ether oxygens (including phenoxy) is 1. The lowest BCUT2D eigenvalue weighted by atomic mass is 9.84. The number of carbonyl (C=O) groups excluding carboxylic acids is 1. The van der Waals surface area contributed by atoms with Crippen molar-refractivity contribution in [3.8, 4) is 0 Å². The molecule has 172 valence electrons.